The normalized spacial score (nSPS) is 22.7. The second kappa shape index (κ2) is 7.79. The number of rotatable bonds is 6. The van der Waals surface area contributed by atoms with Crippen molar-refractivity contribution in [2.45, 2.75) is 31.4 Å². The van der Waals surface area contributed by atoms with E-state index >= 15 is 0 Å². The number of nitrogens with zero attached hydrogens (tertiary/aromatic N) is 1. The number of carbonyl (C=O) groups excluding carboxylic acids is 1. The van der Waals surface area contributed by atoms with Crippen LogP contribution in [0.3, 0.4) is 0 Å². The van der Waals surface area contributed by atoms with Crippen molar-refractivity contribution in [3.8, 4) is 0 Å². The summed E-state index contributed by atoms with van der Waals surface area (Å²) in [5.41, 5.74) is 1.25. The van der Waals surface area contributed by atoms with E-state index in [2.05, 4.69) is 17.4 Å². The standard InChI is InChI=1S/C18H26N2O3/c1-22-13-17(15-7-8-15)19-18(21)20-9-10-23-16(12-20)11-14-5-3-2-4-6-14/h2-6,15-17H,7-13H2,1H3,(H,19,21)/t16-,17-/m1/s1. The average Bonchev–Trinajstić information content (AvgIpc) is 3.40. The summed E-state index contributed by atoms with van der Waals surface area (Å²) < 4.78 is 11.1. The smallest absolute Gasteiger partial charge is 0.317 e. The molecule has 5 nitrogen and oxygen atoms in total. The van der Waals surface area contributed by atoms with Gasteiger partial charge in [0, 0.05) is 26.6 Å². The minimum Gasteiger partial charge on any atom is -0.383 e. The van der Waals surface area contributed by atoms with E-state index in [4.69, 9.17) is 9.47 Å². The molecule has 2 fully saturated rings. The van der Waals surface area contributed by atoms with Crippen LogP contribution in [0, 0.1) is 5.92 Å². The van der Waals surface area contributed by atoms with Gasteiger partial charge in [-0.1, -0.05) is 30.3 Å². The molecular weight excluding hydrogens is 292 g/mol. The molecule has 0 radical (unpaired) electrons. The Labute approximate surface area is 137 Å². The summed E-state index contributed by atoms with van der Waals surface area (Å²) in [7, 11) is 1.69. The Hall–Kier alpha value is -1.59. The molecule has 1 aromatic rings. The number of hydrogen-bond acceptors (Lipinski definition) is 3. The van der Waals surface area contributed by atoms with Gasteiger partial charge in [0.05, 0.1) is 25.4 Å². The zero-order valence-corrected chi connectivity index (χ0v) is 13.7. The van der Waals surface area contributed by atoms with Gasteiger partial charge >= 0.3 is 6.03 Å². The summed E-state index contributed by atoms with van der Waals surface area (Å²) in [6.45, 7) is 2.49. The molecule has 1 aliphatic carbocycles. The first-order valence-corrected chi connectivity index (χ1v) is 8.46. The van der Waals surface area contributed by atoms with Crippen molar-refractivity contribution in [3.63, 3.8) is 0 Å². The molecular formula is C18H26N2O3. The molecule has 0 unspecified atom stereocenters. The minimum absolute atomic E-state index is 0.0142. The van der Waals surface area contributed by atoms with Crippen LogP contribution in [0.1, 0.15) is 18.4 Å². The van der Waals surface area contributed by atoms with Crippen molar-refractivity contribution in [2.24, 2.45) is 5.92 Å². The number of benzene rings is 1. The lowest BCUT2D eigenvalue weighted by atomic mass is 10.1. The molecule has 2 amide bonds. The lowest BCUT2D eigenvalue weighted by Gasteiger charge is -2.34. The molecule has 1 saturated carbocycles. The number of methoxy groups -OCH3 is 1. The Morgan fingerprint density at radius 2 is 2.17 bits per heavy atom. The SMILES string of the molecule is COC[C@@H](NC(=O)N1CCO[C@H](Cc2ccccc2)C1)C1CC1. The van der Waals surface area contributed by atoms with E-state index in [1.807, 2.05) is 23.1 Å². The molecule has 1 saturated heterocycles. The van der Waals surface area contributed by atoms with Crippen molar-refractivity contribution in [1.82, 2.24) is 10.2 Å². The van der Waals surface area contributed by atoms with E-state index in [1.165, 1.54) is 18.4 Å². The fourth-order valence-electron chi connectivity index (χ4n) is 3.13. The van der Waals surface area contributed by atoms with Crippen LogP contribution in [0.5, 0.6) is 0 Å². The van der Waals surface area contributed by atoms with Crippen molar-refractivity contribution in [3.05, 3.63) is 35.9 Å². The maximum absolute atomic E-state index is 12.5. The maximum Gasteiger partial charge on any atom is 0.317 e. The van der Waals surface area contributed by atoms with Crippen LogP contribution >= 0.6 is 0 Å². The zero-order valence-electron chi connectivity index (χ0n) is 13.7. The second-order valence-electron chi connectivity index (χ2n) is 6.48. The van der Waals surface area contributed by atoms with Crippen LogP contribution in [0.15, 0.2) is 30.3 Å². The average molecular weight is 318 g/mol. The van der Waals surface area contributed by atoms with Crippen LogP contribution in [0.4, 0.5) is 4.79 Å². The van der Waals surface area contributed by atoms with Gasteiger partial charge < -0.3 is 19.7 Å². The molecule has 1 N–H and O–H groups in total. The molecule has 0 bridgehead atoms. The monoisotopic (exact) mass is 318 g/mol. The van der Waals surface area contributed by atoms with Crippen LogP contribution in [-0.4, -0.2) is 56.5 Å². The van der Waals surface area contributed by atoms with Crippen molar-refractivity contribution in [1.29, 1.82) is 0 Å². The highest BCUT2D eigenvalue weighted by molar-refractivity contribution is 5.74. The van der Waals surface area contributed by atoms with Gasteiger partial charge in [-0.25, -0.2) is 4.79 Å². The first kappa shape index (κ1) is 16.3. The van der Waals surface area contributed by atoms with Gasteiger partial charge in [0.15, 0.2) is 0 Å². The van der Waals surface area contributed by atoms with Gasteiger partial charge in [-0.05, 0) is 24.3 Å². The van der Waals surface area contributed by atoms with Crippen molar-refractivity contribution < 1.29 is 14.3 Å². The first-order chi connectivity index (χ1) is 11.3. The largest absolute Gasteiger partial charge is 0.383 e. The molecule has 1 heterocycles. The quantitative estimate of drug-likeness (QED) is 0.873. The van der Waals surface area contributed by atoms with Gasteiger partial charge in [-0.15, -0.1) is 0 Å². The third-order valence-corrected chi connectivity index (χ3v) is 4.58. The van der Waals surface area contributed by atoms with E-state index in [0.29, 0.717) is 32.2 Å². The highest BCUT2D eigenvalue weighted by atomic mass is 16.5. The lowest BCUT2D eigenvalue weighted by Crippen LogP contribution is -2.53. The summed E-state index contributed by atoms with van der Waals surface area (Å²) in [5, 5.41) is 3.14. The fourth-order valence-corrected chi connectivity index (χ4v) is 3.13. The number of morpholine rings is 1. The highest BCUT2D eigenvalue weighted by Crippen LogP contribution is 2.32. The van der Waals surface area contributed by atoms with Crippen molar-refractivity contribution in [2.75, 3.05) is 33.4 Å². The molecule has 1 aromatic carbocycles. The Balaban J connectivity index is 1.52. The Bertz CT molecular complexity index is 504. The summed E-state index contributed by atoms with van der Waals surface area (Å²) >= 11 is 0. The number of carbonyl (C=O) groups is 1. The van der Waals surface area contributed by atoms with Crippen LogP contribution in [0.2, 0.25) is 0 Å². The van der Waals surface area contributed by atoms with E-state index in [0.717, 1.165) is 6.42 Å². The summed E-state index contributed by atoms with van der Waals surface area (Å²) in [4.78, 5) is 14.4. The Morgan fingerprint density at radius 1 is 1.39 bits per heavy atom. The third kappa shape index (κ3) is 4.69. The summed E-state index contributed by atoms with van der Waals surface area (Å²) in [5.74, 6) is 0.583. The Morgan fingerprint density at radius 3 is 2.87 bits per heavy atom. The molecule has 0 spiro atoms. The minimum atomic E-state index is 0.0142. The van der Waals surface area contributed by atoms with Gasteiger partial charge in [0.1, 0.15) is 0 Å². The zero-order chi connectivity index (χ0) is 16.1. The number of hydrogen-bond donors (Lipinski definition) is 1. The number of amides is 2. The third-order valence-electron chi connectivity index (χ3n) is 4.58. The van der Waals surface area contributed by atoms with Crippen LogP contribution < -0.4 is 5.32 Å². The van der Waals surface area contributed by atoms with Crippen molar-refractivity contribution >= 4 is 6.03 Å². The van der Waals surface area contributed by atoms with Crippen LogP contribution in [-0.2, 0) is 15.9 Å². The van der Waals surface area contributed by atoms with E-state index in [1.54, 1.807) is 7.11 Å². The molecule has 5 heteroatoms. The number of ether oxygens (including phenoxy) is 2. The molecule has 126 valence electrons. The predicted octanol–water partition coefficient (Wildman–Crippen LogP) is 2.06. The molecule has 0 aromatic heterocycles. The molecule has 2 atom stereocenters. The fraction of sp³-hybridized carbons (Fsp3) is 0.611. The topological polar surface area (TPSA) is 50.8 Å². The molecule has 3 rings (SSSR count). The van der Waals surface area contributed by atoms with Gasteiger partial charge in [-0.2, -0.15) is 0 Å². The van der Waals surface area contributed by atoms with Gasteiger partial charge in [0.25, 0.3) is 0 Å². The van der Waals surface area contributed by atoms with Crippen LogP contribution in [0.25, 0.3) is 0 Å². The molecule has 2 aliphatic rings. The predicted molar refractivity (Wildman–Crippen MR) is 88.4 cm³/mol. The van der Waals surface area contributed by atoms with E-state index in [-0.39, 0.29) is 18.2 Å². The summed E-state index contributed by atoms with van der Waals surface area (Å²) in [6.07, 6.45) is 3.29. The lowest BCUT2D eigenvalue weighted by molar-refractivity contribution is -0.0141. The molecule has 23 heavy (non-hydrogen) atoms. The second-order valence-corrected chi connectivity index (χ2v) is 6.48. The van der Waals surface area contributed by atoms with E-state index in [9.17, 15) is 4.79 Å². The summed E-state index contributed by atoms with van der Waals surface area (Å²) in [6, 6.07) is 10.4. The van der Waals surface area contributed by atoms with E-state index < -0.39 is 0 Å². The van der Waals surface area contributed by atoms with Gasteiger partial charge in [0.2, 0.25) is 0 Å². The molecule has 1 aliphatic heterocycles. The Kier molecular flexibility index (Phi) is 5.51. The number of nitrogens with one attached hydrogen (secondary N) is 1. The maximum atomic E-state index is 12.5. The number of urea groups is 1. The highest BCUT2D eigenvalue weighted by Gasteiger charge is 2.34. The van der Waals surface area contributed by atoms with Gasteiger partial charge in [-0.3, -0.25) is 0 Å². The first-order valence-electron chi connectivity index (χ1n) is 8.46.